The Morgan fingerprint density at radius 2 is 0.534 bits per heavy atom. The van der Waals surface area contributed by atoms with Gasteiger partial charge in [0.15, 0.2) is 6.10 Å². The van der Waals surface area contributed by atoms with E-state index in [9.17, 15) is 14.4 Å². The zero-order chi connectivity index (χ0) is 52.9. The summed E-state index contributed by atoms with van der Waals surface area (Å²) in [6.45, 7) is 6.55. The summed E-state index contributed by atoms with van der Waals surface area (Å²) in [5, 5.41) is 0. The van der Waals surface area contributed by atoms with Crippen LogP contribution >= 0.6 is 0 Å². The van der Waals surface area contributed by atoms with Gasteiger partial charge in [-0.25, -0.2) is 0 Å². The molecule has 0 aliphatic carbocycles. The highest BCUT2D eigenvalue weighted by molar-refractivity contribution is 5.71. The number of ether oxygens (including phenoxy) is 3. The first-order valence-corrected chi connectivity index (χ1v) is 31.8. The van der Waals surface area contributed by atoms with Gasteiger partial charge < -0.3 is 14.2 Å². The van der Waals surface area contributed by atoms with E-state index in [1.54, 1.807) is 0 Å². The molecule has 6 heteroatoms. The first-order valence-electron chi connectivity index (χ1n) is 31.8. The molecule has 0 amide bonds. The van der Waals surface area contributed by atoms with E-state index in [-0.39, 0.29) is 31.1 Å². The summed E-state index contributed by atoms with van der Waals surface area (Å²) in [6, 6.07) is 0. The van der Waals surface area contributed by atoms with Crippen LogP contribution in [0.25, 0.3) is 0 Å². The molecule has 0 aromatic rings. The lowest BCUT2D eigenvalue weighted by atomic mass is 10.0. The zero-order valence-corrected chi connectivity index (χ0v) is 48.7. The van der Waals surface area contributed by atoms with Crippen molar-refractivity contribution < 1.29 is 28.6 Å². The van der Waals surface area contributed by atoms with Crippen molar-refractivity contribution in [3.05, 3.63) is 60.8 Å². The van der Waals surface area contributed by atoms with Crippen LogP contribution in [-0.2, 0) is 28.6 Å². The van der Waals surface area contributed by atoms with Crippen molar-refractivity contribution in [3.8, 4) is 0 Å². The summed E-state index contributed by atoms with van der Waals surface area (Å²) in [7, 11) is 0. The molecule has 73 heavy (non-hydrogen) atoms. The maximum atomic E-state index is 12.9. The van der Waals surface area contributed by atoms with E-state index in [1.165, 1.54) is 193 Å². The summed E-state index contributed by atoms with van der Waals surface area (Å²) < 4.78 is 16.9. The fourth-order valence-corrected chi connectivity index (χ4v) is 9.21. The highest BCUT2D eigenvalue weighted by Gasteiger charge is 2.19. The van der Waals surface area contributed by atoms with Gasteiger partial charge in [-0.2, -0.15) is 0 Å². The van der Waals surface area contributed by atoms with E-state index < -0.39 is 6.10 Å². The molecule has 0 aliphatic heterocycles. The summed E-state index contributed by atoms with van der Waals surface area (Å²) in [6.07, 6.45) is 77.9. The van der Waals surface area contributed by atoms with Crippen molar-refractivity contribution in [2.45, 2.75) is 335 Å². The smallest absolute Gasteiger partial charge is 0.306 e. The van der Waals surface area contributed by atoms with Crippen molar-refractivity contribution in [2.75, 3.05) is 13.2 Å². The molecule has 0 aliphatic rings. The van der Waals surface area contributed by atoms with Crippen molar-refractivity contribution >= 4 is 17.9 Å². The molecule has 0 fully saturated rings. The van der Waals surface area contributed by atoms with Gasteiger partial charge in [0.1, 0.15) is 13.2 Å². The lowest BCUT2D eigenvalue weighted by Gasteiger charge is -2.18. The van der Waals surface area contributed by atoms with E-state index in [2.05, 4.69) is 81.5 Å². The number of hydrogen-bond acceptors (Lipinski definition) is 6. The van der Waals surface area contributed by atoms with Crippen molar-refractivity contribution in [1.82, 2.24) is 0 Å². The Hall–Kier alpha value is -2.89. The van der Waals surface area contributed by atoms with Crippen LogP contribution in [0.1, 0.15) is 329 Å². The fourth-order valence-electron chi connectivity index (χ4n) is 9.21. The summed E-state index contributed by atoms with van der Waals surface area (Å²) in [4.78, 5) is 38.3. The Morgan fingerprint density at radius 3 is 0.849 bits per heavy atom. The Labute approximate surface area is 453 Å². The SMILES string of the molecule is CC/C=C\C/C=C\C/C=C\CCCCCCCC(=O)OC[C@H](COC(=O)CCCCCCCCCCCCC/C=C\CCCCCCCC)OC(=O)CCCCCCCCCCC/C=C\CCCCCCCC. The Kier molecular flexibility index (Phi) is 59.2. The molecule has 0 aromatic carbocycles. The molecule has 0 unspecified atom stereocenters. The molecule has 0 aromatic heterocycles. The molecule has 424 valence electrons. The number of hydrogen-bond donors (Lipinski definition) is 0. The Balaban J connectivity index is 4.35. The average Bonchev–Trinajstić information content (AvgIpc) is 3.39. The minimum atomic E-state index is -0.783. The van der Waals surface area contributed by atoms with Crippen LogP contribution in [0.5, 0.6) is 0 Å². The third-order valence-corrected chi connectivity index (χ3v) is 14.0. The molecule has 0 bridgehead atoms. The number of esters is 3. The summed E-state index contributed by atoms with van der Waals surface area (Å²) in [5.74, 6) is -0.883. The van der Waals surface area contributed by atoms with Crippen LogP contribution in [-0.4, -0.2) is 37.2 Å². The number of rotatable bonds is 58. The van der Waals surface area contributed by atoms with Crippen LogP contribution in [0.4, 0.5) is 0 Å². The van der Waals surface area contributed by atoms with Crippen LogP contribution in [0.2, 0.25) is 0 Å². The van der Waals surface area contributed by atoms with Gasteiger partial charge in [-0.15, -0.1) is 0 Å². The first-order chi connectivity index (χ1) is 36.0. The van der Waals surface area contributed by atoms with Gasteiger partial charge in [-0.05, 0) is 103 Å². The second kappa shape index (κ2) is 61.7. The van der Waals surface area contributed by atoms with E-state index in [4.69, 9.17) is 14.2 Å². The zero-order valence-electron chi connectivity index (χ0n) is 48.7. The molecule has 0 radical (unpaired) electrons. The van der Waals surface area contributed by atoms with E-state index in [0.717, 1.165) is 96.3 Å². The average molecular weight is 1020 g/mol. The van der Waals surface area contributed by atoms with Gasteiger partial charge in [-0.1, -0.05) is 268 Å². The lowest BCUT2D eigenvalue weighted by Crippen LogP contribution is -2.30. The number of carbonyl (C=O) groups excluding carboxylic acids is 3. The normalized spacial score (nSPS) is 12.4. The maximum Gasteiger partial charge on any atom is 0.306 e. The van der Waals surface area contributed by atoms with E-state index >= 15 is 0 Å². The standard InChI is InChI=1S/C67H120O6/c1-4-7-10-13-16-19-22-25-28-30-32-33-35-36-39-42-45-48-51-54-57-60-66(69)72-63-64(62-71-65(68)59-56-53-50-47-44-41-38-27-24-21-18-15-12-9-6-3)73-67(70)61-58-55-52-49-46-43-40-37-34-31-29-26-23-20-17-14-11-8-5-2/h9,12,18,21,25-29,38,64H,4-8,10-11,13-17,19-20,22-24,30-37,39-63H2,1-3H3/b12-9-,21-18-,28-25-,29-26-,38-27-/t64-/m1/s1. The minimum Gasteiger partial charge on any atom is -0.462 e. The van der Waals surface area contributed by atoms with Crippen LogP contribution in [0.15, 0.2) is 60.8 Å². The van der Waals surface area contributed by atoms with Crippen LogP contribution in [0, 0.1) is 0 Å². The molecule has 0 N–H and O–H groups in total. The minimum absolute atomic E-state index is 0.0790. The molecular formula is C67H120O6. The topological polar surface area (TPSA) is 78.9 Å². The molecule has 0 heterocycles. The quantitative estimate of drug-likeness (QED) is 0.0261. The van der Waals surface area contributed by atoms with E-state index in [1.807, 2.05) is 0 Å². The largest absolute Gasteiger partial charge is 0.462 e. The summed E-state index contributed by atoms with van der Waals surface area (Å²) in [5.41, 5.74) is 0. The maximum absolute atomic E-state index is 12.9. The second-order valence-corrected chi connectivity index (χ2v) is 21.3. The monoisotopic (exact) mass is 1020 g/mol. The molecule has 0 saturated carbocycles. The van der Waals surface area contributed by atoms with Gasteiger partial charge in [-0.3, -0.25) is 14.4 Å². The number of carbonyl (C=O) groups is 3. The van der Waals surface area contributed by atoms with E-state index in [0.29, 0.717) is 19.3 Å². The second-order valence-electron chi connectivity index (χ2n) is 21.3. The predicted octanol–water partition coefficient (Wildman–Crippen LogP) is 21.6. The highest BCUT2D eigenvalue weighted by atomic mass is 16.6. The van der Waals surface area contributed by atoms with Gasteiger partial charge >= 0.3 is 17.9 Å². The summed E-state index contributed by atoms with van der Waals surface area (Å²) >= 11 is 0. The Morgan fingerprint density at radius 1 is 0.288 bits per heavy atom. The predicted molar refractivity (Wildman–Crippen MR) is 316 cm³/mol. The molecule has 6 nitrogen and oxygen atoms in total. The van der Waals surface area contributed by atoms with Gasteiger partial charge in [0.2, 0.25) is 0 Å². The Bertz CT molecular complexity index is 1310. The number of allylic oxidation sites excluding steroid dienone is 10. The number of unbranched alkanes of at least 4 members (excludes halogenated alkanes) is 37. The van der Waals surface area contributed by atoms with Gasteiger partial charge in [0, 0.05) is 19.3 Å². The van der Waals surface area contributed by atoms with Gasteiger partial charge in [0.05, 0.1) is 0 Å². The molecule has 0 saturated heterocycles. The third kappa shape index (κ3) is 59.9. The molecular weight excluding hydrogens is 901 g/mol. The highest BCUT2D eigenvalue weighted by Crippen LogP contribution is 2.17. The van der Waals surface area contributed by atoms with Crippen LogP contribution < -0.4 is 0 Å². The molecule has 0 spiro atoms. The van der Waals surface area contributed by atoms with Crippen molar-refractivity contribution in [2.24, 2.45) is 0 Å². The third-order valence-electron chi connectivity index (χ3n) is 14.0. The van der Waals surface area contributed by atoms with Crippen molar-refractivity contribution in [1.29, 1.82) is 0 Å². The lowest BCUT2D eigenvalue weighted by molar-refractivity contribution is -0.167. The van der Waals surface area contributed by atoms with Crippen molar-refractivity contribution in [3.63, 3.8) is 0 Å². The molecule has 0 rings (SSSR count). The molecule has 1 atom stereocenters. The fraction of sp³-hybridized carbons (Fsp3) is 0.806. The van der Waals surface area contributed by atoms with Gasteiger partial charge in [0.25, 0.3) is 0 Å². The first kappa shape index (κ1) is 70.1. The van der Waals surface area contributed by atoms with Crippen LogP contribution in [0.3, 0.4) is 0 Å².